The van der Waals surface area contributed by atoms with Gasteiger partial charge in [0.2, 0.25) is 11.8 Å². The van der Waals surface area contributed by atoms with Crippen molar-refractivity contribution >= 4 is 11.8 Å². The first-order valence-corrected chi connectivity index (χ1v) is 8.18. The molecule has 9 nitrogen and oxygen atoms in total. The lowest BCUT2D eigenvalue weighted by atomic mass is 9.97. The van der Waals surface area contributed by atoms with Crippen LogP contribution in [0.5, 0.6) is 0 Å². The predicted octanol–water partition coefficient (Wildman–Crippen LogP) is -1.75. The summed E-state index contributed by atoms with van der Waals surface area (Å²) >= 11 is 0. The largest absolute Gasteiger partial charge is 0.394 e. The third-order valence-corrected chi connectivity index (χ3v) is 3.71. The fourth-order valence-electron chi connectivity index (χ4n) is 2.49. The molecule has 5 atom stereocenters. The van der Waals surface area contributed by atoms with Gasteiger partial charge in [0, 0.05) is 26.5 Å². The Morgan fingerprint density at radius 2 is 1.92 bits per heavy atom. The molecule has 2 amide bonds. The van der Waals surface area contributed by atoms with Crippen molar-refractivity contribution in [3.8, 4) is 0 Å². The molecule has 0 bridgehead atoms. The van der Waals surface area contributed by atoms with Gasteiger partial charge >= 0.3 is 0 Å². The first-order valence-electron chi connectivity index (χ1n) is 8.18. The second kappa shape index (κ2) is 10.6. The number of ether oxygens (including phenoxy) is 2. The molecule has 24 heavy (non-hydrogen) atoms. The van der Waals surface area contributed by atoms with Crippen molar-refractivity contribution in [2.75, 3.05) is 19.8 Å². The summed E-state index contributed by atoms with van der Waals surface area (Å²) in [5, 5.41) is 34.4. The van der Waals surface area contributed by atoms with Crippen molar-refractivity contribution in [3.63, 3.8) is 0 Å². The van der Waals surface area contributed by atoms with E-state index in [0.29, 0.717) is 25.8 Å². The molecule has 0 spiro atoms. The van der Waals surface area contributed by atoms with Crippen LogP contribution in [0.15, 0.2) is 0 Å². The van der Waals surface area contributed by atoms with Gasteiger partial charge in [-0.1, -0.05) is 0 Å². The van der Waals surface area contributed by atoms with Gasteiger partial charge in [-0.25, -0.2) is 0 Å². The molecule has 5 unspecified atom stereocenters. The number of carbonyl (C=O) groups excluding carboxylic acids is 2. The second-order valence-electron chi connectivity index (χ2n) is 5.71. The molecular weight excluding hydrogens is 320 g/mol. The molecule has 5 N–H and O–H groups in total. The molecule has 1 aliphatic rings. The quantitative estimate of drug-likeness (QED) is 0.312. The molecule has 0 saturated carbocycles. The minimum atomic E-state index is -1.33. The van der Waals surface area contributed by atoms with Gasteiger partial charge in [0.15, 0.2) is 6.29 Å². The standard InChI is InChI=1S/C15H28N2O7/c1-3-16-11(20)6-4-5-7-23-15-12(17-9(2)19)14(22)13(21)10(8-18)24-15/h10,12-15,18,21-22H,3-8H2,1-2H3,(H,16,20)(H,17,19). The molecule has 0 aromatic heterocycles. The van der Waals surface area contributed by atoms with Crippen molar-refractivity contribution < 1.29 is 34.4 Å². The summed E-state index contributed by atoms with van der Waals surface area (Å²) in [6, 6.07) is -0.941. The monoisotopic (exact) mass is 348 g/mol. The second-order valence-corrected chi connectivity index (χ2v) is 5.71. The van der Waals surface area contributed by atoms with Gasteiger partial charge in [-0.05, 0) is 19.8 Å². The summed E-state index contributed by atoms with van der Waals surface area (Å²) in [6.07, 6.45) is -3.04. The average Bonchev–Trinajstić information content (AvgIpc) is 2.53. The lowest BCUT2D eigenvalue weighted by molar-refractivity contribution is -0.270. The first kappa shape index (κ1) is 20.8. The molecule has 1 aliphatic heterocycles. The fourth-order valence-corrected chi connectivity index (χ4v) is 2.49. The highest BCUT2D eigenvalue weighted by molar-refractivity contribution is 5.75. The van der Waals surface area contributed by atoms with Gasteiger partial charge in [0.1, 0.15) is 24.4 Å². The van der Waals surface area contributed by atoms with E-state index >= 15 is 0 Å². The first-order chi connectivity index (χ1) is 11.4. The Bertz CT molecular complexity index is 407. The topological polar surface area (TPSA) is 137 Å². The number of nitrogens with one attached hydrogen (secondary N) is 2. The maximum Gasteiger partial charge on any atom is 0.219 e. The molecule has 0 aromatic carbocycles. The minimum absolute atomic E-state index is 0.0265. The molecular formula is C15H28N2O7. The Labute approximate surface area is 141 Å². The Morgan fingerprint density at radius 3 is 2.50 bits per heavy atom. The van der Waals surface area contributed by atoms with Gasteiger partial charge in [-0.2, -0.15) is 0 Å². The van der Waals surface area contributed by atoms with E-state index < -0.39 is 43.2 Å². The van der Waals surface area contributed by atoms with Crippen molar-refractivity contribution in [3.05, 3.63) is 0 Å². The SMILES string of the molecule is CCNC(=O)CCCCOC1OC(CO)C(O)C(O)C1NC(C)=O. The number of amides is 2. The lowest BCUT2D eigenvalue weighted by Gasteiger charge is -2.42. The van der Waals surface area contributed by atoms with Gasteiger partial charge < -0.3 is 35.4 Å². The molecule has 1 saturated heterocycles. The summed E-state index contributed by atoms with van der Waals surface area (Å²) in [5.74, 6) is -0.427. The van der Waals surface area contributed by atoms with Crippen molar-refractivity contribution in [2.45, 2.75) is 63.8 Å². The molecule has 1 heterocycles. The zero-order valence-electron chi connectivity index (χ0n) is 14.1. The van der Waals surface area contributed by atoms with E-state index in [2.05, 4.69) is 10.6 Å². The van der Waals surface area contributed by atoms with Crippen molar-refractivity contribution in [1.29, 1.82) is 0 Å². The molecule has 0 aliphatic carbocycles. The highest BCUT2D eigenvalue weighted by atomic mass is 16.7. The normalized spacial score (nSPS) is 30.0. The number of carbonyl (C=O) groups is 2. The molecule has 140 valence electrons. The lowest BCUT2D eigenvalue weighted by Crippen LogP contribution is -2.64. The minimum Gasteiger partial charge on any atom is -0.394 e. The van der Waals surface area contributed by atoms with E-state index in [0.717, 1.165) is 0 Å². The summed E-state index contributed by atoms with van der Waals surface area (Å²) in [7, 11) is 0. The van der Waals surface area contributed by atoms with Crippen LogP contribution in [-0.2, 0) is 19.1 Å². The zero-order valence-corrected chi connectivity index (χ0v) is 14.1. The number of aliphatic hydroxyl groups excluding tert-OH is 3. The van der Waals surface area contributed by atoms with Crippen LogP contribution in [0.25, 0.3) is 0 Å². The Balaban J connectivity index is 2.48. The zero-order chi connectivity index (χ0) is 18.1. The van der Waals surface area contributed by atoms with Gasteiger partial charge in [0.05, 0.1) is 6.61 Å². The van der Waals surface area contributed by atoms with Crippen LogP contribution >= 0.6 is 0 Å². The Hall–Kier alpha value is -1.26. The summed E-state index contributed by atoms with van der Waals surface area (Å²) < 4.78 is 11.0. The number of rotatable bonds is 9. The van der Waals surface area contributed by atoms with Crippen LogP contribution in [0, 0.1) is 0 Å². The number of hydrogen-bond acceptors (Lipinski definition) is 7. The molecule has 9 heteroatoms. The van der Waals surface area contributed by atoms with Crippen LogP contribution in [0.2, 0.25) is 0 Å². The summed E-state index contributed by atoms with van der Waals surface area (Å²) in [4.78, 5) is 22.6. The highest BCUT2D eigenvalue weighted by Gasteiger charge is 2.45. The van der Waals surface area contributed by atoms with Crippen LogP contribution in [0.4, 0.5) is 0 Å². The predicted molar refractivity (Wildman–Crippen MR) is 83.9 cm³/mol. The maximum absolute atomic E-state index is 11.3. The van der Waals surface area contributed by atoms with E-state index in [1.54, 1.807) is 0 Å². The third-order valence-electron chi connectivity index (χ3n) is 3.71. The summed E-state index contributed by atoms with van der Waals surface area (Å²) in [5.41, 5.74) is 0. The smallest absolute Gasteiger partial charge is 0.219 e. The van der Waals surface area contributed by atoms with Crippen LogP contribution < -0.4 is 10.6 Å². The van der Waals surface area contributed by atoms with E-state index in [1.807, 2.05) is 6.92 Å². The summed E-state index contributed by atoms with van der Waals surface area (Å²) in [6.45, 7) is 3.48. The van der Waals surface area contributed by atoms with Crippen molar-refractivity contribution in [2.24, 2.45) is 0 Å². The average molecular weight is 348 g/mol. The molecule has 1 rings (SSSR count). The number of hydrogen-bond donors (Lipinski definition) is 5. The van der Waals surface area contributed by atoms with E-state index in [-0.39, 0.29) is 12.5 Å². The van der Waals surface area contributed by atoms with E-state index in [1.165, 1.54) is 6.92 Å². The van der Waals surface area contributed by atoms with Gasteiger partial charge in [0.25, 0.3) is 0 Å². The fraction of sp³-hybridized carbons (Fsp3) is 0.867. The molecule has 1 fully saturated rings. The highest BCUT2D eigenvalue weighted by Crippen LogP contribution is 2.22. The maximum atomic E-state index is 11.3. The van der Waals surface area contributed by atoms with Crippen molar-refractivity contribution in [1.82, 2.24) is 10.6 Å². The third kappa shape index (κ3) is 6.33. The van der Waals surface area contributed by atoms with Gasteiger partial charge in [-0.3, -0.25) is 9.59 Å². The van der Waals surface area contributed by atoms with E-state index in [9.17, 15) is 24.9 Å². The molecule has 0 radical (unpaired) electrons. The van der Waals surface area contributed by atoms with Gasteiger partial charge in [-0.15, -0.1) is 0 Å². The number of aliphatic hydroxyl groups is 3. The number of unbranched alkanes of at least 4 members (excludes halogenated alkanes) is 1. The van der Waals surface area contributed by atoms with E-state index in [4.69, 9.17) is 9.47 Å². The van der Waals surface area contributed by atoms with Crippen LogP contribution in [0.1, 0.15) is 33.1 Å². The Kier molecular flexibility index (Phi) is 9.16. The molecule has 0 aromatic rings. The van der Waals surface area contributed by atoms with Crippen LogP contribution in [-0.4, -0.2) is 77.5 Å². The van der Waals surface area contributed by atoms with Crippen LogP contribution in [0.3, 0.4) is 0 Å². The Morgan fingerprint density at radius 1 is 1.21 bits per heavy atom.